The van der Waals surface area contributed by atoms with E-state index in [4.69, 9.17) is 9.15 Å². The van der Waals surface area contributed by atoms with Crippen LogP contribution in [0.3, 0.4) is 0 Å². The van der Waals surface area contributed by atoms with Crippen LogP contribution in [0.25, 0.3) is 6.08 Å². The van der Waals surface area contributed by atoms with Gasteiger partial charge in [0.1, 0.15) is 17.4 Å². The molecule has 36 heavy (non-hydrogen) atoms. The van der Waals surface area contributed by atoms with Gasteiger partial charge in [-0.3, -0.25) is 9.69 Å². The molecule has 1 aliphatic heterocycles. The molecule has 0 spiro atoms. The van der Waals surface area contributed by atoms with Gasteiger partial charge in [0.2, 0.25) is 0 Å². The zero-order valence-corrected chi connectivity index (χ0v) is 20.7. The van der Waals surface area contributed by atoms with Gasteiger partial charge in [0, 0.05) is 25.7 Å². The van der Waals surface area contributed by atoms with Crippen molar-refractivity contribution < 1.29 is 22.7 Å². The van der Waals surface area contributed by atoms with E-state index >= 15 is 0 Å². The third-order valence-corrected chi connectivity index (χ3v) is 6.96. The summed E-state index contributed by atoms with van der Waals surface area (Å²) in [5.41, 5.74) is 1.52. The number of benzene rings is 2. The van der Waals surface area contributed by atoms with Gasteiger partial charge >= 0.3 is 0 Å². The minimum atomic E-state index is -0.608. The number of hydrogen-bond acceptors (Lipinski definition) is 4. The van der Waals surface area contributed by atoms with E-state index in [1.165, 1.54) is 18.4 Å². The summed E-state index contributed by atoms with van der Waals surface area (Å²) in [5.74, 6) is -0.163. The Morgan fingerprint density at radius 1 is 1.17 bits per heavy atom. The van der Waals surface area contributed by atoms with Crippen molar-refractivity contribution in [1.29, 1.82) is 0 Å². The van der Waals surface area contributed by atoms with Crippen molar-refractivity contribution in [1.82, 2.24) is 9.80 Å². The molecule has 2 heterocycles. The van der Waals surface area contributed by atoms with Crippen LogP contribution in [0.5, 0.6) is 5.75 Å². The SMILES string of the molecule is COc1ccc(/C=C/CN2CCC(C(Cc3ccc(F)cc3F)N(C)C(=O)c3ccco3)CC2)cc1. The van der Waals surface area contributed by atoms with Crippen LogP contribution in [-0.4, -0.2) is 55.5 Å². The standard InChI is InChI=1S/C29H32F2N2O3/c1-32(29(34)28-6-4-18-36-28)27(19-23-9-10-24(30)20-26(23)31)22-13-16-33(17-14-22)15-3-5-21-7-11-25(35-2)12-8-21/h3-12,18,20,22,27H,13-17,19H2,1-2H3/b5-3+. The number of likely N-dealkylation sites (tertiary alicyclic amines) is 1. The van der Waals surface area contributed by atoms with E-state index in [0.29, 0.717) is 12.0 Å². The minimum Gasteiger partial charge on any atom is -0.497 e. The van der Waals surface area contributed by atoms with E-state index in [1.807, 2.05) is 24.3 Å². The van der Waals surface area contributed by atoms with Gasteiger partial charge in [-0.1, -0.05) is 30.4 Å². The van der Waals surface area contributed by atoms with E-state index in [9.17, 15) is 13.6 Å². The maximum Gasteiger partial charge on any atom is 0.289 e. The quantitative estimate of drug-likeness (QED) is 0.384. The summed E-state index contributed by atoms with van der Waals surface area (Å²) < 4.78 is 38.5. The number of nitrogens with zero attached hydrogens (tertiary/aromatic N) is 2. The number of piperidine rings is 1. The second-order valence-corrected chi connectivity index (χ2v) is 9.21. The molecular formula is C29H32F2N2O3. The molecule has 2 aromatic carbocycles. The fourth-order valence-corrected chi connectivity index (χ4v) is 4.83. The van der Waals surface area contributed by atoms with Crippen molar-refractivity contribution in [2.24, 2.45) is 5.92 Å². The predicted octanol–water partition coefficient (Wildman–Crippen LogP) is 5.68. The Morgan fingerprint density at radius 2 is 1.92 bits per heavy atom. The maximum atomic E-state index is 14.5. The molecule has 1 aromatic heterocycles. The summed E-state index contributed by atoms with van der Waals surface area (Å²) in [6, 6.07) is 14.6. The normalized spacial score (nSPS) is 15.8. The van der Waals surface area contributed by atoms with Gasteiger partial charge in [-0.2, -0.15) is 0 Å². The van der Waals surface area contributed by atoms with Crippen molar-refractivity contribution in [3.8, 4) is 5.75 Å². The fraction of sp³-hybridized carbons (Fsp3) is 0.345. The van der Waals surface area contributed by atoms with Crippen molar-refractivity contribution in [3.05, 3.63) is 95.5 Å². The highest BCUT2D eigenvalue weighted by molar-refractivity contribution is 5.91. The van der Waals surface area contributed by atoms with Crippen LogP contribution in [0, 0.1) is 17.6 Å². The lowest BCUT2D eigenvalue weighted by Crippen LogP contribution is -2.47. The van der Waals surface area contributed by atoms with E-state index in [0.717, 1.165) is 49.9 Å². The highest BCUT2D eigenvalue weighted by Gasteiger charge is 2.33. The number of rotatable bonds is 9. The van der Waals surface area contributed by atoms with Gasteiger partial charge in [-0.25, -0.2) is 8.78 Å². The lowest BCUT2D eigenvalue weighted by Gasteiger charge is -2.39. The first-order valence-electron chi connectivity index (χ1n) is 12.2. The Morgan fingerprint density at radius 3 is 2.56 bits per heavy atom. The summed E-state index contributed by atoms with van der Waals surface area (Å²) in [6.45, 7) is 2.59. The third-order valence-electron chi connectivity index (χ3n) is 6.96. The Hall–Kier alpha value is -3.45. The van der Waals surface area contributed by atoms with Gasteiger partial charge in [0.05, 0.1) is 13.4 Å². The second kappa shape index (κ2) is 12.0. The molecule has 3 aromatic rings. The summed E-state index contributed by atoms with van der Waals surface area (Å²) in [7, 11) is 3.39. The molecule has 1 unspecified atom stereocenters. The Bertz CT molecular complexity index is 1150. The first-order chi connectivity index (χ1) is 17.4. The molecule has 1 saturated heterocycles. The van der Waals surface area contributed by atoms with Crippen LogP contribution < -0.4 is 4.74 Å². The van der Waals surface area contributed by atoms with Gasteiger partial charge in [0.25, 0.3) is 5.91 Å². The number of furan rings is 1. The molecule has 1 fully saturated rings. The average molecular weight is 495 g/mol. The minimum absolute atomic E-state index is 0.181. The highest BCUT2D eigenvalue weighted by atomic mass is 19.1. The predicted molar refractivity (Wildman–Crippen MR) is 136 cm³/mol. The Balaban J connectivity index is 1.40. The molecule has 0 aliphatic carbocycles. The fourth-order valence-electron chi connectivity index (χ4n) is 4.83. The van der Waals surface area contributed by atoms with Gasteiger partial charge in [-0.15, -0.1) is 0 Å². The number of amides is 1. The number of hydrogen-bond donors (Lipinski definition) is 0. The molecule has 1 amide bonds. The van der Waals surface area contributed by atoms with E-state index < -0.39 is 11.6 Å². The third kappa shape index (κ3) is 6.40. The smallest absolute Gasteiger partial charge is 0.289 e. The van der Waals surface area contributed by atoms with E-state index in [-0.39, 0.29) is 23.6 Å². The topological polar surface area (TPSA) is 45.9 Å². The van der Waals surface area contributed by atoms with Crippen LogP contribution >= 0.6 is 0 Å². The molecular weight excluding hydrogens is 462 g/mol. The monoisotopic (exact) mass is 494 g/mol. The number of ether oxygens (including phenoxy) is 1. The molecule has 0 N–H and O–H groups in total. The lowest BCUT2D eigenvalue weighted by atomic mass is 9.84. The Labute approximate surface area is 211 Å². The Kier molecular flexibility index (Phi) is 8.54. The van der Waals surface area contributed by atoms with Crippen LogP contribution in [0.4, 0.5) is 8.78 Å². The van der Waals surface area contributed by atoms with Crippen LogP contribution in [0.2, 0.25) is 0 Å². The number of carbonyl (C=O) groups is 1. The van der Waals surface area contributed by atoms with Gasteiger partial charge in [-0.05, 0) is 79.7 Å². The number of likely N-dealkylation sites (N-methyl/N-ethyl adjacent to an activating group) is 1. The first kappa shape index (κ1) is 25.6. The summed E-state index contributed by atoms with van der Waals surface area (Å²) in [6.07, 6.45) is 7.78. The molecule has 5 nitrogen and oxygen atoms in total. The molecule has 7 heteroatoms. The largest absolute Gasteiger partial charge is 0.497 e. The summed E-state index contributed by atoms with van der Waals surface area (Å²) >= 11 is 0. The maximum absolute atomic E-state index is 14.5. The van der Waals surface area contributed by atoms with E-state index in [2.05, 4.69) is 17.1 Å². The number of methoxy groups -OCH3 is 1. The van der Waals surface area contributed by atoms with Gasteiger partial charge in [0.15, 0.2) is 5.76 Å². The molecule has 0 radical (unpaired) electrons. The first-order valence-corrected chi connectivity index (χ1v) is 12.2. The van der Waals surface area contributed by atoms with Crippen LogP contribution in [-0.2, 0) is 6.42 Å². The molecule has 0 bridgehead atoms. The molecule has 190 valence electrons. The van der Waals surface area contributed by atoms with E-state index in [1.54, 1.807) is 31.2 Å². The zero-order valence-electron chi connectivity index (χ0n) is 20.7. The molecule has 4 rings (SSSR count). The average Bonchev–Trinajstić information content (AvgIpc) is 3.44. The summed E-state index contributed by atoms with van der Waals surface area (Å²) in [4.78, 5) is 17.1. The molecule has 1 aliphatic rings. The number of halogens is 2. The van der Waals surface area contributed by atoms with Crippen molar-refractivity contribution >= 4 is 12.0 Å². The zero-order chi connectivity index (χ0) is 25.5. The van der Waals surface area contributed by atoms with Crippen molar-refractivity contribution in [3.63, 3.8) is 0 Å². The van der Waals surface area contributed by atoms with Crippen LogP contribution in [0.1, 0.15) is 34.5 Å². The molecule has 1 atom stereocenters. The molecule has 0 saturated carbocycles. The van der Waals surface area contributed by atoms with Crippen molar-refractivity contribution in [2.45, 2.75) is 25.3 Å². The van der Waals surface area contributed by atoms with Crippen molar-refractivity contribution in [2.75, 3.05) is 33.8 Å². The summed E-state index contributed by atoms with van der Waals surface area (Å²) in [5, 5.41) is 0. The number of carbonyl (C=O) groups excluding carboxylic acids is 1. The second-order valence-electron chi connectivity index (χ2n) is 9.21. The highest BCUT2D eigenvalue weighted by Crippen LogP contribution is 2.28. The van der Waals surface area contributed by atoms with Crippen LogP contribution in [0.15, 0.2) is 71.4 Å². The lowest BCUT2D eigenvalue weighted by molar-refractivity contribution is 0.0567. The van der Waals surface area contributed by atoms with Gasteiger partial charge < -0.3 is 14.1 Å².